The van der Waals surface area contributed by atoms with Gasteiger partial charge in [-0.1, -0.05) is 6.58 Å². The van der Waals surface area contributed by atoms with Crippen LogP contribution in [0.15, 0.2) is 12.7 Å². The van der Waals surface area contributed by atoms with E-state index in [2.05, 4.69) is 6.58 Å². The van der Waals surface area contributed by atoms with Crippen LogP contribution in [-0.2, 0) is 4.79 Å². The molecule has 0 aliphatic rings. The Morgan fingerprint density at radius 2 is 0.422 bits per heavy atom. The van der Waals surface area contributed by atoms with Gasteiger partial charge in [-0.15, -0.1) is 0 Å². The molecular weight excluding hydrogens is 628 g/mol. The molecule has 0 unspecified atom stereocenters. The van der Waals surface area contributed by atoms with Crippen molar-refractivity contribution in [2.75, 3.05) is 66.1 Å². The molecule has 22 nitrogen and oxygen atoms in total. The van der Waals surface area contributed by atoms with Gasteiger partial charge in [-0.2, -0.15) is 0 Å². The van der Waals surface area contributed by atoms with E-state index < -0.39 is 133 Å². The molecule has 278 valence electrons. The van der Waals surface area contributed by atoms with E-state index in [1.165, 1.54) is 0 Å². The fourth-order valence-electron chi connectivity index (χ4n) is 1.22. The summed E-state index contributed by atoms with van der Waals surface area (Å²) < 4.78 is 0. The summed E-state index contributed by atoms with van der Waals surface area (Å²) >= 11 is 0. The van der Waals surface area contributed by atoms with Crippen LogP contribution in [0.5, 0.6) is 0 Å². The predicted molar refractivity (Wildman–Crippen MR) is 149 cm³/mol. The first-order chi connectivity index (χ1) is 20.9. The molecule has 0 heterocycles. The van der Waals surface area contributed by atoms with Crippen molar-refractivity contribution >= 4 is 5.97 Å². The normalized spacial score (nSPS) is 16.7. The van der Waals surface area contributed by atoms with Crippen molar-refractivity contribution in [3.8, 4) is 0 Å². The van der Waals surface area contributed by atoms with Crippen molar-refractivity contribution in [1.29, 1.82) is 0 Å². The van der Waals surface area contributed by atoms with E-state index in [-0.39, 0.29) is 0 Å². The van der Waals surface area contributed by atoms with Crippen LogP contribution in [0.1, 0.15) is 0 Å². The summed E-state index contributed by atoms with van der Waals surface area (Å²) in [6.07, 6.45) is -11.4. The number of carboxylic acids is 1. The summed E-state index contributed by atoms with van der Waals surface area (Å²) in [6, 6.07) is 0. The summed E-state index contributed by atoms with van der Waals surface area (Å²) in [6.45, 7) is -2.30. The van der Waals surface area contributed by atoms with E-state index in [0.717, 1.165) is 6.08 Å². The molecule has 21 N–H and O–H groups in total. The van der Waals surface area contributed by atoms with Gasteiger partial charge in [0.1, 0.15) is 61.0 Å². The van der Waals surface area contributed by atoms with Gasteiger partial charge in [0.25, 0.3) is 0 Å². The number of carbonyl (C=O) groups is 1. The highest BCUT2D eigenvalue weighted by Crippen LogP contribution is 1.91. The Hall–Kier alpha value is -1.59. The van der Waals surface area contributed by atoms with E-state index in [1.807, 2.05) is 0 Å². The Labute approximate surface area is 258 Å². The van der Waals surface area contributed by atoms with Crippen LogP contribution in [0.3, 0.4) is 0 Å². The molecule has 0 aliphatic heterocycles. The number of hydrogen-bond donors (Lipinski definition) is 21. The molecule has 10 atom stereocenters. The molecule has 0 radical (unpaired) electrons. The second-order valence-electron chi connectivity index (χ2n) is 8.04. The second-order valence-corrected chi connectivity index (χ2v) is 8.04. The van der Waals surface area contributed by atoms with Gasteiger partial charge in [-0.3, -0.25) is 0 Å². The highest BCUT2D eigenvalue weighted by Gasteiger charge is 2.14. The highest BCUT2D eigenvalue weighted by atomic mass is 16.4. The Kier molecular flexibility index (Phi) is 50.1. The second kappa shape index (κ2) is 40.4. The SMILES string of the molecule is C=CC(=O)O.OC[C@@H](O)[C@@H](O)CO.OC[C@@H](O)[C@@H](O)CO.OC[C@@H](O)[C@@H](O)CO.OC[C@@H](O)[C@@H](O)CO.OC[C@@H](O)[C@@H](O)CO. The fraction of sp³-hybridized carbons (Fsp3) is 0.870. The van der Waals surface area contributed by atoms with Crippen molar-refractivity contribution < 1.29 is 112 Å². The van der Waals surface area contributed by atoms with Gasteiger partial charge < -0.3 is 107 Å². The monoisotopic (exact) mass is 682 g/mol. The molecule has 0 saturated carbocycles. The molecule has 0 aromatic rings. The molecular formula is C23H54O22. The average Bonchev–Trinajstić information content (AvgIpc) is 3.08. The summed E-state index contributed by atoms with van der Waals surface area (Å²) in [5.41, 5.74) is 0. The third-order valence-electron chi connectivity index (χ3n) is 4.27. The van der Waals surface area contributed by atoms with Crippen LogP contribution in [0, 0.1) is 0 Å². The molecule has 45 heavy (non-hydrogen) atoms. The van der Waals surface area contributed by atoms with Gasteiger partial charge in [-0.25, -0.2) is 4.79 Å². The zero-order valence-electron chi connectivity index (χ0n) is 24.4. The minimum Gasteiger partial charge on any atom is -0.478 e. The number of aliphatic carboxylic acids is 1. The molecule has 22 heteroatoms. The van der Waals surface area contributed by atoms with Crippen LogP contribution in [0.25, 0.3) is 0 Å². The minimum atomic E-state index is -1.22. The van der Waals surface area contributed by atoms with Crippen molar-refractivity contribution in [2.24, 2.45) is 0 Å². The molecule has 0 aromatic heterocycles. The van der Waals surface area contributed by atoms with E-state index in [0.29, 0.717) is 0 Å². The maximum atomic E-state index is 9.25. The number of aliphatic hydroxyl groups is 20. The van der Waals surface area contributed by atoms with Crippen LogP contribution in [-0.4, -0.2) is 240 Å². The van der Waals surface area contributed by atoms with E-state index in [1.54, 1.807) is 0 Å². The van der Waals surface area contributed by atoms with Gasteiger partial charge in [-0.05, 0) is 0 Å². The number of hydrogen-bond acceptors (Lipinski definition) is 21. The first kappa shape index (κ1) is 55.8. The van der Waals surface area contributed by atoms with Gasteiger partial charge in [0, 0.05) is 6.08 Å². The maximum Gasteiger partial charge on any atom is 0.327 e. The molecule has 0 rings (SSSR count). The van der Waals surface area contributed by atoms with Crippen LogP contribution >= 0.6 is 0 Å². The standard InChI is InChI=1S/5C4H10O4.C3H4O2/c5*5-1-3(7)4(8)2-6;1-2-3(4)5/h5*3-8H,1-2H2;2H,1H2,(H,4,5)/t5*3-,4+;. The maximum absolute atomic E-state index is 9.25. The van der Waals surface area contributed by atoms with Crippen molar-refractivity contribution in [3.05, 3.63) is 12.7 Å². The first-order valence-corrected chi connectivity index (χ1v) is 12.6. The first-order valence-electron chi connectivity index (χ1n) is 12.6. The van der Waals surface area contributed by atoms with Crippen molar-refractivity contribution in [3.63, 3.8) is 0 Å². The zero-order valence-corrected chi connectivity index (χ0v) is 24.4. The Morgan fingerprint density at radius 1 is 0.356 bits per heavy atom. The molecule has 0 saturated heterocycles. The summed E-state index contributed by atoms with van der Waals surface area (Å²) in [5, 5.41) is 173. The lowest BCUT2D eigenvalue weighted by molar-refractivity contribution is -0.131. The van der Waals surface area contributed by atoms with Crippen molar-refractivity contribution in [2.45, 2.75) is 61.0 Å². The summed E-state index contributed by atoms with van der Waals surface area (Å²) in [4.78, 5) is 9.25. The third kappa shape index (κ3) is 42.4. The van der Waals surface area contributed by atoms with Gasteiger partial charge in [0.05, 0.1) is 66.1 Å². The van der Waals surface area contributed by atoms with Crippen LogP contribution in [0.2, 0.25) is 0 Å². The number of aliphatic hydroxyl groups excluding tert-OH is 20. The number of carboxylic acid groups (broad SMARTS) is 1. The van der Waals surface area contributed by atoms with Gasteiger partial charge >= 0.3 is 5.97 Å². The summed E-state index contributed by atoms with van der Waals surface area (Å²) in [5.74, 6) is -0.981. The molecule has 0 aromatic carbocycles. The Morgan fingerprint density at radius 3 is 0.444 bits per heavy atom. The lowest BCUT2D eigenvalue weighted by atomic mass is 10.2. The fourth-order valence-corrected chi connectivity index (χ4v) is 1.22. The molecule has 0 aliphatic carbocycles. The lowest BCUT2D eigenvalue weighted by Crippen LogP contribution is -2.31. The minimum absolute atomic E-state index is 0.526. The topological polar surface area (TPSA) is 442 Å². The van der Waals surface area contributed by atoms with Crippen molar-refractivity contribution in [1.82, 2.24) is 0 Å². The quantitative estimate of drug-likeness (QED) is 0.0671. The summed E-state index contributed by atoms with van der Waals surface area (Å²) in [7, 11) is 0. The van der Waals surface area contributed by atoms with E-state index in [4.69, 9.17) is 107 Å². The van der Waals surface area contributed by atoms with Crippen LogP contribution < -0.4 is 0 Å². The predicted octanol–water partition coefficient (Wildman–Crippen LogP) is -11.3. The van der Waals surface area contributed by atoms with Gasteiger partial charge in [0.15, 0.2) is 0 Å². The molecule has 0 fully saturated rings. The average molecular weight is 683 g/mol. The highest BCUT2D eigenvalue weighted by molar-refractivity contribution is 5.78. The molecule has 0 amide bonds. The zero-order chi connectivity index (χ0) is 37.1. The van der Waals surface area contributed by atoms with E-state index >= 15 is 0 Å². The smallest absolute Gasteiger partial charge is 0.327 e. The van der Waals surface area contributed by atoms with E-state index in [9.17, 15) is 4.79 Å². The van der Waals surface area contributed by atoms with Crippen LogP contribution in [0.4, 0.5) is 0 Å². The largest absolute Gasteiger partial charge is 0.478 e. The Balaban J connectivity index is -0.000000102. The molecule has 0 spiro atoms. The van der Waals surface area contributed by atoms with Gasteiger partial charge in [0.2, 0.25) is 0 Å². The third-order valence-corrected chi connectivity index (χ3v) is 4.27. The number of rotatable bonds is 16. The lowest BCUT2D eigenvalue weighted by Gasteiger charge is -2.10. The molecule has 0 bridgehead atoms. The Bertz CT molecular complexity index is 456.